The molecule has 1 aromatic carbocycles. The van der Waals surface area contributed by atoms with Gasteiger partial charge in [-0.3, -0.25) is 9.59 Å². The number of Topliss-reactive ketones (excluding diaryl/α,β-unsaturated/α-hetero) is 1. The van der Waals surface area contributed by atoms with E-state index in [2.05, 4.69) is 0 Å². The lowest BCUT2D eigenvalue weighted by Crippen LogP contribution is -2.34. The topological polar surface area (TPSA) is 74.7 Å². The summed E-state index contributed by atoms with van der Waals surface area (Å²) in [6.45, 7) is 4.62. The molecule has 21 heavy (non-hydrogen) atoms. The first-order valence-corrected chi connectivity index (χ1v) is 7.22. The number of nitrogens with zero attached hydrogens (tertiary/aromatic N) is 1. The Labute approximate surface area is 123 Å². The van der Waals surface area contributed by atoms with Crippen LogP contribution in [0.3, 0.4) is 0 Å². The molecule has 0 radical (unpaired) electrons. The Morgan fingerprint density at radius 2 is 1.86 bits per heavy atom. The van der Waals surface area contributed by atoms with Crippen molar-refractivity contribution in [1.29, 1.82) is 0 Å². The van der Waals surface area contributed by atoms with Crippen molar-refractivity contribution in [2.75, 3.05) is 13.1 Å². The number of rotatable bonds is 4. The third-order valence-electron chi connectivity index (χ3n) is 3.92. The molecule has 0 atom stereocenters. The SMILES string of the molecule is CCN(CC)C(=O)c1c(C(=O)O)ccc2c1C(=O)CCC2. The monoisotopic (exact) mass is 289 g/mol. The molecule has 1 aliphatic rings. The normalized spacial score (nSPS) is 13.7. The van der Waals surface area contributed by atoms with E-state index in [9.17, 15) is 19.5 Å². The summed E-state index contributed by atoms with van der Waals surface area (Å²) in [5, 5.41) is 9.35. The van der Waals surface area contributed by atoms with Crippen molar-refractivity contribution < 1.29 is 19.5 Å². The highest BCUT2D eigenvalue weighted by molar-refractivity contribution is 6.14. The number of aromatic carboxylic acids is 1. The van der Waals surface area contributed by atoms with Gasteiger partial charge in [0.1, 0.15) is 0 Å². The van der Waals surface area contributed by atoms with E-state index < -0.39 is 5.97 Å². The highest BCUT2D eigenvalue weighted by Gasteiger charge is 2.30. The van der Waals surface area contributed by atoms with Crippen LogP contribution in [0.5, 0.6) is 0 Å². The van der Waals surface area contributed by atoms with Gasteiger partial charge in [0.2, 0.25) is 0 Å². The van der Waals surface area contributed by atoms with Crippen LogP contribution in [-0.2, 0) is 6.42 Å². The van der Waals surface area contributed by atoms with Gasteiger partial charge in [-0.15, -0.1) is 0 Å². The predicted octanol–water partition coefficient (Wildman–Crippen LogP) is 2.39. The molecule has 0 heterocycles. The maximum Gasteiger partial charge on any atom is 0.336 e. The lowest BCUT2D eigenvalue weighted by atomic mass is 9.84. The van der Waals surface area contributed by atoms with Gasteiger partial charge in [-0.2, -0.15) is 0 Å². The molecule has 1 aromatic rings. The lowest BCUT2D eigenvalue weighted by Gasteiger charge is -2.24. The number of hydrogen-bond acceptors (Lipinski definition) is 3. The molecule has 5 heteroatoms. The quantitative estimate of drug-likeness (QED) is 0.923. The molecule has 0 saturated heterocycles. The van der Waals surface area contributed by atoms with E-state index in [0.717, 1.165) is 12.0 Å². The maximum absolute atomic E-state index is 12.7. The van der Waals surface area contributed by atoms with Gasteiger partial charge in [-0.1, -0.05) is 6.07 Å². The maximum atomic E-state index is 12.7. The van der Waals surface area contributed by atoms with Crippen LogP contribution in [-0.4, -0.2) is 40.8 Å². The number of fused-ring (bicyclic) bond motifs is 1. The lowest BCUT2D eigenvalue weighted by molar-refractivity contribution is 0.0677. The van der Waals surface area contributed by atoms with Crippen LogP contribution in [0.1, 0.15) is 63.3 Å². The van der Waals surface area contributed by atoms with E-state index >= 15 is 0 Å². The summed E-state index contributed by atoms with van der Waals surface area (Å²) in [6.07, 6.45) is 1.82. The van der Waals surface area contributed by atoms with Gasteiger partial charge < -0.3 is 10.0 Å². The fraction of sp³-hybridized carbons (Fsp3) is 0.438. The average Bonchev–Trinajstić information content (AvgIpc) is 2.47. The van der Waals surface area contributed by atoms with Gasteiger partial charge in [0.15, 0.2) is 5.78 Å². The summed E-state index contributed by atoms with van der Waals surface area (Å²) in [7, 11) is 0. The Morgan fingerprint density at radius 3 is 2.43 bits per heavy atom. The van der Waals surface area contributed by atoms with Crippen molar-refractivity contribution >= 4 is 17.7 Å². The van der Waals surface area contributed by atoms with E-state index in [1.807, 2.05) is 13.8 Å². The van der Waals surface area contributed by atoms with Crippen LogP contribution in [0.2, 0.25) is 0 Å². The molecule has 112 valence electrons. The molecular formula is C16H19NO4. The zero-order chi connectivity index (χ0) is 15.6. The number of amides is 1. The molecule has 0 bridgehead atoms. The van der Waals surface area contributed by atoms with Crippen LogP contribution < -0.4 is 0 Å². The van der Waals surface area contributed by atoms with Gasteiger partial charge in [0, 0.05) is 25.1 Å². The Hall–Kier alpha value is -2.17. The third-order valence-corrected chi connectivity index (χ3v) is 3.92. The molecule has 0 unspecified atom stereocenters. The number of aryl methyl sites for hydroxylation is 1. The van der Waals surface area contributed by atoms with E-state index in [0.29, 0.717) is 31.5 Å². The fourth-order valence-corrected chi connectivity index (χ4v) is 2.81. The number of hydrogen-bond donors (Lipinski definition) is 1. The van der Waals surface area contributed by atoms with E-state index in [-0.39, 0.29) is 22.8 Å². The summed E-state index contributed by atoms with van der Waals surface area (Å²) >= 11 is 0. The highest BCUT2D eigenvalue weighted by atomic mass is 16.4. The van der Waals surface area contributed by atoms with Crippen molar-refractivity contribution in [3.8, 4) is 0 Å². The van der Waals surface area contributed by atoms with Crippen molar-refractivity contribution in [2.24, 2.45) is 0 Å². The van der Waals surface area contributed by atoms with Gasteiger partial charge in [0.25, 0.3) is 5.91 Å². The fourth-order valence-electron chi connectivity index (χ4n) is 2.81. The first-order chi connectivity index (χ1) is 10.0. The molecule has 0 aliphatic heterocycles. The number of carboxylic acid groups (broad SMARTS) is 1. The first-order valence-electron chi connectivity index (χ1n) is 7.22. The second kappa shape index (κ2) is 6.08. The molecule has 0 saturated carbocycles. The van der Waals surface area contributed by atoms with Gasteiger partial charge in [-0.25, -0.2) is 4.79 Å². The number of carboxylic acids is 1. The number of benzene rings is 1. The summed E-state index contributed by atoms with van der Waals surface area (Å²) < 4.78 is 0. The minimum atomic E-state index is -1.17. The van der Waals surface area contributed by atoms with Crippen molar-refractivity contribution in [1.82, 2.24) is 4.90 Å². The summed E-state index contributed by atoms with van der Waals surface area (Å²) in [5.74, 6) is -1.67. The van der Waals surface area contributed by atoms with Crippen LogP contribution in [0.15, 0.2) is 12.1 Å². The second-order valence-electron chi connectivity index (χ2n) is 5.08. The van der Waals surface area contributed by atoms with E-state index in [1.165, 1.54) is 6.07 Å². The highest BCUT2D eigenvalue weighted by Crippen LogP contribution is 2.28. The molecule has 0 aromatic heterocycles. The third kappa shape index (κ3) is 2.68. The molecule has 1 aliphatic carbocycles. The number of ketones is 1. The van der Waals surface area contributed by atoms with Gasteiger partial charge in [-0.05, 0) is 38.3 Å². The molecule has 2 rings (SSSR count). The minimum Gasteiger partial charge on any atom is -0.478 e. The second-order valence-corrected chi connectivity index (χ2v) is 5.08. The molecule has 1 N–H and O–H groups in total. The van der Waals surface area contributed by atoms with E-state index in [1.54, 1.807) is 11.0 Å². The summed E-state index contributed by atoms with van der Waals surface area (Å²) in [5.41, 5.74) is 1.08. The van der Waals surface area contributed by atoms with Crippen LogP contribution in [0.4, 0.5) is 0 Å². The summed E-state index contributed by atoms with van der Waals surface area (Å²) in [6, 6.07) is 3.10. The summed E-state index contributed by atoms with van der Waals surface area (Å²) in [4.78, 5) is 37.9. The molecule has 0 spiro atoms. The molecule has 0 fully saturated rings. The van der Waals surface area contributed by atoms with Crippen molar-refractivity contribution in [2.45, 2.75) is 33.1 Å². The van der Waals surface area contributed by atoms with Gasteiger partial charge in [0.05, 0.1) is 11.1 Å². The first kappa shape index (κ1) is 15.2. The molecule has 1 amide bonds. The Bertz CT molecular complexity index is 603. The van der Waals surface area contributed by atoms with Crippen LogP contribution in [0.25, 0.3) is 0 Å². The van der Waals surface area contributed by atoms with E-state index in [4.69, 9.17) is 0 Å². The molecular weight excluding hydrogens is 270 g/mol. The number of carbonyl (C=O) groups is 3. The standard InChI is InChI=1S/C16H19NO4/c1-3-17(4-2)15(19)14-11(16(20)21)9-8-10-6-5-7-12(18)13(10)14/h8-9H,3-7H2,1-2H3,(H,20,21). The Morgan fingerprint density at radius 1 is 1.19 bits per heavy atom. The Kier molecular flexibility index (Phi) is 4.40. The van der Waals surface area contributed by atoms with Gasteiger partial charge >= 0.3 is 5.97 Å². The van der Waals surface area contributed by atoms with Crippen LogP contribution in [0, 0.1) is 0 Å². The zero-order valence-electron chi connectivity index (χ0n) is 12.3. The van der Waals surface area contributed by atoms with Crippen LogP contribution >= 0.6 is 0 Å². The Balaban J connectivity index is 2.68. The minimum absolute atomic E-state index is 0.0633. The zero-order valence-corrected chi connectivity index (χ0v) is 12.3. The van der Waals surface area contributed by atoms with Crippen molar-refractivity contribution in [3.05, 3.63) is 34.4 Å². The largest absolute Gasteiger partial charge is 0.478 e. The van der Waals surface area contributed by atoms with Crippen molar-refractivity contribution in [3.63, 3.8) is 0 Å². The smallest absolute Gasteiger partial charge is 0.336 e. The predicted molar refractivity (Wildman–Crippen MR) is 77.9 cm³/mol. The number of carbonyl (C=O) groups excluding carboxylic acids is 2. The molecule has 5 nitrogen and oxygen atoms in total. The average molecular weight is 289 g/mol.